The van der Waals surface area contributed by atoms with Crippen LogP contribution >= 0.6 is 0 Å². The van der Waals surface area contributed by atoms with E-state index in [0.717, 1.165) is 12.8 Å². The summed E-state index contributed by atoms with van der Waals surface area (Å²) < 4.78 is 0. The fraction of sp³-hybridized carbons (Fsp3) is 0.517. The smallest absolute Gasteiger partial charge is 0.0290 e. The van der Waals surface area contributed by atoms with E-state index in [1.54, 1.807) is 0 Å². The maximum atomic E-state index is 3.64. The van der Waals surface area contributed by atoms with Crippen molar-refractivity contribution in [1.82, 2.24) is 0 Å². The predicted octanol–water partition coefficient (Wildman–Crippen LogP) is 8.04. The highest BCUT2D eigenvalue weighted by Crippen LogP contribution is 2.40. The van der Waals surface area contributed by atoms with Gasteiger partial charge < -0.3 is 0 Å². The van der Waals surface area contributed by atoms with E-state index in [9.17, 15) is 0 Å². The van der Waals surface area contributed by atoms with Crippen molar-refractivity contribution in [3.63, 3.8) is 0 Å². The van der Waals surface area contributed by atoms with E-state index in [1.165, 1.54) is 65.5 Å². The van der Waals surface area contributed by atoms with E-state index in [2.05, 4.69) is 89.8 Å². The summed E-state index contributed by atoms with van der Waals surface area (Å²) in [5.41, 5.74) is 8.41. The van der Waals surface area contributed by atoms with Crippen molar-refractivity contribution in [2.75, 3.05) is 0 Å². The molecule has 154 valence electrons. The topological polar surface area (TPSA) is 0 Å². The molecule has 0 unspecified atom stereocenters. The van der Waals surface area contributed by atoms with Crippen molar-refractivity contribution in [3.8, 4) is 11.8 Å². The number of benzene rings is 2. The lowest BCUT2D eigenvalue weighted by molar-refractivity contribution is 0.299. The summed E-state index contributed by atoms with van der Waals surface area (Å²) in [4.78, 5) is 0. The van der Waals surface area contributed by atoms with Gasteiger partial charge in [-0.2, -0.15) is 0 Å². The highest BCUT2D eigenvalue weighted by Gasteiger charge is 2.31. The maximum Gasteiger partial charge on any atom is 0.0290 e. The molecule has 0 N–H and O–H groups in total. The van der Waals surface area contributed by atoms with Gasteiger partial charge in [0.1, 0.15) is 0 Å². The van der Waals surface area contributed by atoms with Crippen LogP contribution in [0.3, 0.4) is 0 Å². The second kappa shape index (κ2) is 8.79. The van der Waals surface area contributed by atoms with Crippen LogP contribution in [0.1, 0.15) is 99.1 Å². The average molecular weight is 387 g/mol. The molecular formula is C29H38. The van der Waals surface area contributed by atoms with Crippen LogP contribution in [0.5, 0.6) is 0 Å². The zero-order valence-corrected chi connectivity index (χ0v) is 19.4. The molecule has 29 heavy (non-hydrogen) atoms. The van der Waals surface area contributed by atoms with Gasteiger partial charge in [0.15, 0.2) is 0 Å². The first-order valence-electron chi connectivity index (χ1n) is 11.6. The third-order valence-electron chi connectivity index (χ3n) is 7.50. The molecule has 0 saturated heterocycles. The van der Waals surface area contributed by atoms with E-state index in [1.807, 2.05) is 0 Å². The standard InChI is InChI=1S/C29H38/c1-7-29(8-2,26-14-12-22(3)23(4)20-26)27-15-13-25(24(5)21-27)16-19-28(6)17-10-9-11-18-28/h12-15,20-21H,7-11,17-18H2,1-6H3. The molecule has 0 aliphatic heterocycles. The Labute approximate surface area is 179 Å². The highest BCUT2D eigenvalue weighted by atomic mass is 14.3. The first-order chi connectivity index (χ1) is 13.8. The largest absolute Gasteiger partial charge is 0.0914 e. The van der Waals surface area contributed by atoms with E-state index in [4.69, 9.17) is 0 Å². The Morgan fingerprint density at radius 3 is 1.93 bits per heavy atom. The minimum atomic E-state index is 0.0739. The van der Waals surface area contributed by atoms with Crippen molar-refractivity contribution < 1.29 is 0 Å². The molecule has 0 nitrogen and oxygen atoms in total. The minimum Gasteiger partial charge on any atom is -0.0914 e. The van der Waals surface area contributed by atoms with Crippen LogP contribution < -0.4 is 0 Å². The van der Waals surface area contributed by atoms with Gasteiger partial charge in [0, 0.05) is 16.4 Å². The lowest BCUT2D eigenvalue weighted by Gasteiger charge is -2.34. The normalized spacial score (nSPS) is 16.2. The Morgan fingerprint density at radius 2 is 1.38 bits per heavy atom. The van der Waals surface area contributed by atoms with Crippen LogP contribution in [0.25, 0.3) is 0 Å². The van der Waals surface area contributed by atoms with Gasteiger partial charge in [-0.05, 0) is 87.3 Å². The molecule has 0 bridgehead atoms. The molecule has 1 aliphatic carbocycles. The second-order valence-corrected chi connectivity index (χ2v) is 9.49. The van der Waals surface area contributed by atoms with Crippen LogP contribution in [0.4, 0.5) is 0 Å². The van der Waals surface area contributed by atoms with Crippen molar-refractivity contribution in [1.29, 1.82) is 0 Å². The zero-order valence-electron chi connectivity index (χ0n) is 19.4. The Hall–Kier alpha value is -2.00. The van der Waals surface area contributed by atoms with Crippen LogP contribution in [0.2, 0.25) is 0 Å². The Morgan fingerprint density at radius 1 is 0.793 bits per heavy atom. The minimum absolute atomic E-state index is 0.0739. The SMILES string of the molecule is CCC(CC)(c1ccc(C)c(C)c1)c1ccc(C#CC2(C)CCCCC2)c(C)c1. The van der Waals surface area contributed by atoms with Crippen molar-refractivity contribution in [2.24, 2.45) is 5.41 Å². The highest BCUT2D eigenvalue weighted by molar-refractivity contribution is 5.49. The molecule has 2 aromatic carbocycles. The number of aryl methyl sites for hydroxylation is 3. The second-order valence-electron chi connectivity index (χ2n) is 9.49. The van der Waals surface area contributed by atoms with E-state index in [0.29, 0.717) is 0 Å². The van der Waals surface area contributed by atoms with Gasteiger partial charge in [-0.3, -0.25) is 0 Å². The Bertz CT molecular complexity index is 909. The van der Waals surface area contributed by atoms with Gasteiger partial charge in [0.05, 0.1) is 0 Å². The van der Waals surface area contributed by atoms with E-state index < -0.39 is 0 Å². The molecule has 0 aromatic heterocycles. The fourth-order valence-corrected chi connectivity index (χ4v) is 5.05. The van der Waals surface area contributed by atoms with Gasteiger partial charge in [0.2, 0.25) is 0 Å². The molecule has 0 atom stereocenters. The molecule has 0 heteroatoms. The van der Waals surface area contributed by atoms with Gasteiger partial charge in [0.25, 0.3) is 0 Å². The average Bonchev–Trinajstić information content (AvgIpc) is 2.72. The molecule has 2 aromatic rings. The summed E-state index contributed by atoms with van der Waals surface area (Å²) in [7, 11) is 0. The third-order valence-corrected chi connectivity index (χ3v) is 7.50. The summed E-state index contributed by atoms with van der Waals surface area (Å²) in [6.07, 6.45) is 8.74. The van der Waals surface area contributed by atoms with Crippen molar-refractivity contribution in [2.45, 2.75) is 91.9 Å². The molecule has 0 spiro atoms. The number of hydrogen-bond donors (Lipinski definition) is 0. The monoisotopic (exact) mass is 386 g/mol. The Kier molecular flexibility index (Phi) is 6.58. The molecule has 1 aliphatic rings. The lowest BCUT2D eigenvalue weighted by Crippen LogP contribution is -2.26. The van der Waals surface area contributed by atoms with Crippen LogP contribution in [-0.4, -0.2) is 0 Å². The molecular weight excluding hydrogens is 348 g/mol. The summed E-state index contributed by atoms with van der Waals surface area (Å²) >= 11 is 0. The maximum absolute atomic E-state index is 3.64. The third kappa shape index (κ3) is 4.45. The van der Waals surface area contributed by atoms with Gasteiger partial charge in [-0.15, -0.1) is 0 Å². The van der Waals surface area contributed by atoms with Crippen molar-refractivity contribution in [3.05, 3.63) is 69.8 Å². The van der Waals surface area contributed by atoms with Crippen LogP contribution in [0.15, 0.2) is 36.4 Å². The number of hydrogen-bond acceptors (Lipinski definition) is 0. The van der Waals surface area contributed by atoms with Gasteiger partial charge in [-0.25, -0.2) is 0 Å². The van der Waals surface area contributed by atoms with Crippen LogP contribution in [-0.2, 0) is 5.41 Å². The van der Waals surface area contributed by atoms with Crippen LogP contribution in [0, 0.1) is 38.0 Å². The number of rotatable bonds is 4. The fourth-order valence-electron chi connectivity index (χ4n) is 5.05. The molecule has 3 rings (SSSR count). The molecule has 1 saturated carbocycles. The zero-order chi connectivity index (χ0) is 21.1. The Balaban J connectivity index is 1.97. The molecule has 0 amide bonds. The summed E-state index contributed by atoms with van der Waals surface area (Å²) in [5, 5.41) is 0. The molecule has 0 radical (unpaired) electrons. The summed E-state index contributed by atoms with van der Waals surface area (Å²) in [5.74, 6) is 7.18. The van der Waals surface area contributed by atoms with Crippen molar-refractivity contribution >= 4 is 0 Å². The molecule has 0 heterocycles. The van der Waals surface area contributed by atoms with Gasteiger partial charge in [-0.1, -0.05) is 75.3 Å². The molecule has 1 fully saturated rings. The predicted molar refractivity (Wildman–Crippen MR) is 127 cm³/mol. The first-order valence-corrected chi connectivity index (χ1v) is 11.6. The first kappa shape index (κ1) is 21.7. The summed E-state index contributed by atoms with van der Waals surface area (Å²) in [6, 6.07) is 14.0. The van der Waals surface area contributed by atoms with E-state index in [-0.39, 0.29) is 10.8 Å². The lowest BCUT2D eigenvalue weighted by atomic mass is 9.69. The van der Waals surface area contributed by atoms with Gasteiger partial charge >= 0.3 is 0 Å². The summed E-state index contributed by atoms with van der Waals surface area (Å²) in [6.45, 7) is 13.7. The quantitative estimate of drug-likeness (QED) is 0.466. The van der Waals surface area contributed by atoms with E-state index >= 15 is 0 Å².